The monoisotopic (exact) mass is 218 g/mol. The quantitative estimate of drug-likeness (QED) is 0.766. The molecule has 0 atom stereocenters. The zero-order valence-electron chi connectivity index (χ0n) is 9.31. The standard InChI is InChI=1S/C12H14N2O2/c1-14(2)12(16)10-5-3-4-9(8-10)6-7-11(13)15/h3-8H,1-2H3,(H2,13,15). The highest BCUT2D eigenvalue weighted by Crippen LogP contribution is 2.08. The third kappa shape index (κ3) is 3.24. The molecule has 0 aromatic heterocycles. The van der Waals surface area contributed by atoms with Crippen molar-refractivity contribution in [1.29, 1.82) is 0 Å². The van der Waals surface area contributed by atoms with Crippen molar-refractivity contribution in [3.63, 3.8) is 0 Å². The molecule has 0 aliphatic heterocycles. The van der Waals surface area contributed by atoms with Gasteiger partial charge < -0.3 is 10.6 Å². The van der Waals surface area contributed by atoms with E-state index >= 15 is 0 Å². The van der Waals surface area contributed by atoms with Crippen LogP contribution in [0.25, 0.3) is 6.08 Å². The van der Waals surface area contributed by atoms with Gasteiger partial charge in [0.15, 0.2) is 0 Å². The van der Waals surface area contributed by atoms with E-state index in [2.05, 4.69) is 0 Å². The first-order chi connectivity index (χ1) is 7.50. The summed E-state index contributed by atoms with van der Waals surface area (Å²) in [5.74, 6) is -0.585. The Kier molecular flexibility index (Phi) is 3.83. The third-order valence-electron chi connectivity index (χ3n) is 1.98. The summed E-state index contributed by atoms with van der Waals surface area (Å²) in [6.45, 7) is 0. The number of rotatable bonds is 3. The maximum atomic E-state index is 11.6. The van der Waals surface area contributed by atoms with Crippen molar-refractivity contribution in [2.24, 2.45) is 5.73 Å². The molecule has 0 aliphatic carbocycles. The van der Waals surface area contributed by atoms with Crippen LogP contribution in [0.1, 0.15) is 15.9 Å². The Hall–Kier alpha value is -2.10. The van der Waals surface area contributed by atoms with E-state index in [1.807, 2.05) is 0 Å². The van der Waals surface area contributed by atoms with E-state index in [1.54, 1.807) is 44.4 Å². The molecule has 4 heteroatoms. The molecular formula is C12H14N2O2. The molecule has 0 heterocycles. The predicted molar refractivity (Wildman–Crippen MR) is 62.7 cm³/mol. The Balaban J connectivity index is 2.95. The first-order valence-electron chi connectivity index (χ1n) is 4.80. The van der Waals surface area contributed by atoms with Gasteiger partial charge in [0.25, 0.3) is 5.91 Å². The lowest BCUT2D eigenvalue weighted by atomic mass is 10.1. The van der Waals surface area contributed by atoms with Gasteiger partial charge in [-0.3, -0.25) is 9.59 Å². The predicted octanol–water partition coefficient (Wildman–Crippen LogP) is 0.887. The van der Waals surface area contributed by atoms with Crippen LogP contribution in [0.4, 0.5) is 0 Å². The molecule has 16 heavy (non-hydrogen) atoms. The molecule has 0 fully saturated rings. The van der Waals surface area contributed by atoms with Crippen LogP contribution in [-0.2, 0) is 4.79 Å². The number of carbonyl (C=O) groups is 2. The summed E-state index contributed by atoms with van der Waals surface area (Å²) in [6.07, 6.45) is 2.84. The number of nitrogens with zero attached hydrogens (tertiary/aromatic N) is 1. The average molecular weight is 218 g/mol. The molecule has 2 amide bonds. The summed E-state index contributed by atoms with van der Waals surface area (Å²) in [5, 5.41) is 0. The summed E-state index contributed by atoms with van der Waals surface area (Å²) in [7, 11) is 3.38. The highest BCUT2D eigenvalue weighted by atomic mass is 16.2. The van der Waals surface area contributed by atoms with Crippen molar-refractivity contribution < 1.29 is 9.59 Å². The second kappa shape index (κ2) is 5.11. The van der Waals surface area contributed by atoms with Crippen molar-refractivity contribution in [1.82, 2.24) is 4.90 Å². The second-order valence-electron chi connectivity index (χ2n) is 3.56. The zero-order chi connectivity index (χ0) is 12.1. The van der Waals surface area contributed by atoms with E-state index in [4.69, 9.17) is 5.73 Å². The fraction of sp³-hybridized carbons (Fsp3) is 0.167. The van der Waals surface area contributed by atoms with Gasteiger partial charge in [-0.15, -0.1) is 0 Å². The van der Waals surface area contributed by atoms with Gasteiger partial charge in [-0.2, -0.15) is 0 Å². The van der Waals surface area contributed by atoms with Gasteiger partial charge in [0.05, 0.1) is 0 Å². The topological polar surface area (TPSA) is 63.4 Å². The highest BCUT2D eigenvalue weighted by molar-refractivity contribution is 5.95. The molecule has 0 radical (unpaired) electrons. The summed E-state index contributed by atoms with van der Waals surface area (Å²) in [4.78, 5) is 23.7. The summed E-state index contributed by atoms with van der Waals surface area (Å²) < 4.78 is 0. The first-order valence-corrected chi connectivity index (χ1v) is 4.80. The van der Waals surface area contributed by atoms with Crippen LogP contribution in [0, 0.1) is 0 Å². The minimum Gasteiger partial charge on any atom is -0.366 e. The summed E-state index contributed by atoms with van der Waals surface area (Å²) in [5.41, 5.74) is 6.34. The lowest BCUT2D eigenvalue weighted by Crippen LogP contribution is -2.21. The van der Waals surface area contributed by atoms with Gasteiger partial charge in [-0.25, -0.2) is 0 Å². The van der Waals surface area contributed by atoms with Crippen LogP contribution < -0.4 is 5.73 Å². The van der Waals surface area contributed by atoms with Gasteiger partial charge in [-0.1, -0.05) is 12.1 Å². The van der Waals surface area contributed by atoms with Crippen LogP contribution in [0.2, 0.25) is 0 Å². The van der Waals surface area contributed by atoms with Crippen LogP contribution >= 0.6 is 0 Å². The van der Waals surface area contributed by atoms with Crippen LogP contribution in [0.3, 0.4) is 0 Å². The lowest BCUT2D eigenvalue weighted by molar-refractivity contribution is -0.113. The molecule has 0 saturated carbocycles. The third-order valence-corrected chi connectivity index (χ3v) is 1.98. The molecular weight excluding hydrogens is 204 g/mol. The molecule has 0 bridgehead atoms. The lowest BCUT2D eigenvalue weighted by Gasteiger charge is -2.10. The van der Waals surface area contributed by atoms with Crippen molar-refractivity contribution in [2.45, 2.75) is 0 Å². The van der Waals surface area contributed by atoms with Gasteiger partial charge in [0.2, 0.25) is 5.91 Å². The molecule has 84 valence electrons. The number of hydrogen-bond donors (Lipinski definition) is 1. The first kappa shape index (κ1) is 12.0. The number of amides is 2. The number of nitrogens with two attached hydrogens (primary N) is 1. The molecule has 1 rings (SSSR count). The smallest absolute Gasteiger partial charge is 0.253 e. The molecule has 0 spiro atoms. The number of benzene rings is 1. The van der Waals surface area contributed by atoms with Crippen molar-refractivity contribution in [3.05, 3.63) is 41.5 Å². The number of hydrogen-bond acceptors (Lipinski definition) is 2. The van der Waals surface area contributed by atoms with Gasteiger partial charge in [0, 0.05) is 25.7 Å². The van der Waals surface area contributed by atoms with E-state index in [0.717, 1.165) is 5.56 Å². The molecule has 1 aromatic rings. The van der Waals surface area contributed by atoms with E-state index in [9.17, 15) is 9.59 Å². The SMILES string of the molecule is CN(C)C(=O)c1cccc(C=CC(N)=O)c1. The van der Waals surface area contributed by atoms with E-state index in [-0.39, 0.29) is 5.91 Å². The van der Waals surface area contributed by atoms with Crippen molar-refractivity contribution in [2.75, 3.05) is 14.1 Å². The maximum Gasteiger partial charge on any atom is 0.253 e. The largest absolute Gasteiger partial charge is 0.366 e. The number of carbonyl (C=O) groups excluding carboxylic acids is 2. The molecule has 0 saturated heterocycles. The average Bonchev–Trinajstić information content (AvgIpc) is 2.25. The molecule has 0 unspecified atom stereocenters. The Morgan fingerprint density at radius 2 is 2.00 bits per heavy atom. The van der Waals surface area contributed by atoms with E-state index in [1.165, 1.54) is 11.0 Å². The fourth-order valence-corrected chi connectivity index (χ4v) is 1.21. The van der Waals surface area contributed by atoms with Gasteiger partial charge in [0.1, 0.15) is 0 Å². The van der Waals surface area contributed by atoms with Gasteiger partial charge in [-0.05, 0) is 23.8 Å². The minimum atomic E-state index is -0.510. The summed E-state index contributed by atoms with van der Waals surface area (Å²) >= 11 is 0. The minimum absolute atomic E-state index is 0.0747. The summed E-state index contributed by atoms with van der Waals surface area (Å²) in [6, 6.07) is 7.00. The number of primary amides is 1. The Morgan fingerprint density at radius 1 is 1.31 bits per heavy atom. The normalized spacial score (nSPS) is 10.4. The van der Waals surface area contributed by atoms with Crippen molar-refractivity contribution >= 4 is 17.9 Å². The molecule has 0 aliphatic rings. The van der Waals surface area contributed by atoms with Crippen molar-refractivity contribution in [3.8, 4) is 0 Å². The maximum absolute atomic E-state index is 11.6. The Morgan fingerprint density at radius 3 is 2.56 bits per heavy atom. The molecule has 1 aromatic carbocycles. The second-order valence-corrected chi connectivity index (χ2v) is 3.56. The van der Waals surface area contributed by atoms with E-state index in [0.29, 0.717) is 5.56 Å². The zero-order valence-corrected chi connectivity index (χ0v) is 9.31. The highest BCUT2D eigenvalue weighted by Gasteiger charge is 2.06. The van der Waals surface area contributed by atoms with Crippen LogP contribution in [0.15, 0.2) is 30.3 Å². The Bertz CT molecular complexity index is 436. The van der Waals surface area contributed by atoms with Gasteiger partial charge >= 0.3 is 0 Å². The Labute approximate surface area is 94.4 Å². The van der Waals surface area contributed by atoms with Crippen LogP contribution in [0.5, 0.6) is 0 Å². The molecule has 4 nitrogen and oxygen atoms in total. The molecule has 2 N–H and O–H groups in total. The van der Waals surface area contributed by atoms with E-state index < -0.39 is 5.91 Å². The fourth-order valence-electron chi connectivity index (χ4n) is 1.21. The van der Waals surface area contributed by atoms with Crippen LogP contribution in [-0.4, -0.2) is 30.8 Å².